The van der Waals surface area contributed by atoms with Crippen LogP contribution in [0, 0.1) is 11.6 Å². The van der Waals surface area contributed by atoms with E-state index in [1.807, 2.05) is 0 Å². The van der Waals surface area contributed by atoms with Gasteiger partial charge >= 0.3 is 0 Å². The van der Waals surface area contributed by atoms with Crippen molar-refractivity contribution in [3.05, 3.63) is 60.2 Å². The molecule has 152 valence electrons. The Morgan fingerprint density at radius 3 is 2.31 bits per heavy atom. The molecule has 1 aliphatic heterocycles. The van der Waals surface area contributed by atoms with Crippen LogP contribution in [0.1, 0.15) is 12.8 Å². The van der Waals surface area contributed by atoms with Gasteiger partial charge in [0.05, 0.1) is 12.6 Å². The van der Waals surface area contributed by atoms with Crippen LogP contribution in [-0.2, 0) is 11.3 Å². The van der Waals surface area contributed by atoms with Crippen molar-refractivity contribution in [1.29, 1.82) is 0 Å². The van der Waals surface area contributed by atoms with Gasteiger partial charge in [-0.1, -0.05) is 11.8 Å². The van der Waals surface area contributed by atoms with Crippen molar-refractivity contribution in [3.63, 3.8) is 0 Å². The second-order valence-electron chi connectivity index (χ2n) is 6.71. The predicted molar refractivity (Wildman–Crippen MR) is 112 cm³/mol. The summed E-state index contributed by atoms with van der Waals surface area (Å²) in [6, 6.07) is 12.9. The lowest BCUT2D eigenvalue weighted by molar-refractivity contribution is 0.0953. The highest BCUT2D eigenvalue weighted by atomic mass is 32.2. The molecule has 0 radical (unpaired) electrons. The van der Waals surface area contributed by atoms with E-state index in [0.29, 0.717) is 6.54 Å². The summed E-state index contributed by atoms with van der Waals surface area (Å²) in [6.07, 6.45) is 2.24. The van der Waals surface area contributed by atoms with E-state index in [4.69, 9.17) is 4.74 Å². The second-order valence-corrected chi connectivity index (χ2v) is 8.94. The summed E-state index contributed by atoms with van der Waals surface area (Å²) in [5, 5.41) is 9.58. The lowest BCUT2D eigenvalue weighted by Gasteiger charge is -2.14. The number of aromatic nitrogens is 3. The average Bonchev–Trinajstić information content (AvgIpc) is 3.38. The molecule has 0 bridgehead atoms. The number of halogens is 2. The van der Waals surface area contributed by atoms with Crippen LogP contribution >= 0.6 is 23.5 Å². The van der Waals surface area contributed by atoms with Crippen molar-refractivity contribution in [2.45, 2.75) is 35.5 Å². The van der Waals surface area contributed by atoms with E-state index in [1.54, 1.807) is 47.8 Å². The van der Waals surface area contributed by atoms with Crippen LogP contribution in [0.5, 0.6) is 0 Å². The molecule has 4 nitrogen and oxygen atoms in total. The predicted octanol–water partition coefficient (Wildman–Crippen LogP) is 5.29. The van der Waals surface area contributed by atoms with Crippen LogP contribution in [0.15, 0.2) is 58.6 Å². The van der Waals surface area contributed by atoms with Gasteiger partial charge in [-0.15, -0.1) is 22.0 Å². The number of nitrogens with zero attached hydrogens (tertiary/aromatic N) is 3. The van der Waals surface area contributed by atoms with Gasteiger partial charge in [-0.25, -0.2) is 8.78 Å². The molecule has 2 heterocycles. The Balaban J connectivity index is 1.44. The first-order valence-corrected chi connectivity index (χ1v) is 11.5. The maximum atomic E-state index is 13.3. The van der Waals surface area contributed by atoms with Crippen molar-refractivity contribution in [2.24, 2.45) is 0 Å². The molecular weight excluding hydrogens is 412 g/mol. The number of thioether (sulfide) groups is 2. The van der Waals surface area contributed by atoms with Crippen molar-refractivity contribution in [2.75, 3.05) is 18.1 Å². The molecule has 4 rings (SSSR count). The third kappa shape index (κ3) is 5.38. The minimum atomic E-state index is -0.272. The topological polar surface area (TPSA) is 39.9 Å². The lowest BCUT2D eigenvalue weighted by Crippen LogP contribution is -2.16. The van der Waals surface area contributed by atoms with E-state index in [0.717, 1.165) is 52.4 Å². The first kappa shape index (κ1) is 20.4. The maximum absolute atomic E-state index is 13.3. The third-order valence-corrected chi connectivity index (χ3v) is 6.87. The number of hydrogen-bond acceptors (Lipinski definition) is 5. The van der Waals surface area contributed by atoms with Gasteiger partial charge in [-0.05, 0) is 61.4 Å². The fraction of sp³-hybridized carbons (Fsp3) is 0.333. The summed E-state index contributed by atoms with van der Waals surface area (Å²) in [4.78, 5) is 1.04. The smallest absolute Gasteiger partial charge is 0.191 e. The Kier molecular flexibility index (Phi) is 6.84. The van der Waals surface area contributed by atoms with Gasteiger partial charge in [-0.3, -0.25) is 4.57 Å². The number of rotatable bonds is 8. The van der Waals surface area contributed by atoms with Gasteiger partial charge in [0.1, 0.15) is 11.6 Å². The molecule has 0 aliphatic carbocycles. The van der Waals surface area contributed by atoms with Gasteiger partial charge in [-0.2, -0.15) is 0 Å². The summed E-state index contributed by atoms with van der Waals surface area (Å²) in [7, 11) is 0. The molecule has 8 heteroatoms. The summed E-state index contributed by atoms with van der Waals surface area (Å²) < 4.78 is 34.2. The molecule has 29 heavy (non-hydrogen) atoms. The van der Waals surface area contributed by atoms with Crippen LogP contribution < -0.4 is 0 Å². The Morgan fingerprint density at radius 1 is 0.931 bits per heavy atom. The molecule has 1 saturated heterocycles. The number of ether oxygens (including phenoxy) is 1. The molecule has 1 atom stereocenters. The van der Waals surface area contributed by atoms with Gasteiger partial charge in [0, 0.05) is 28.6 Å². The van der Waals surface area contributed by atoms with Gasteiger partial charge in [0.25, 0.3) is 0 Å². The number of hydrogen-bond donors (Lipinski definition) is 0. The zero-order chi connectivity index (χ0) is 20.1. The Hall–Kier alpha value is -1.90. The normalized spacial score (nSPS) is 16.4. The highest BCUT2D eigenvalue weighted by Gasteiger charge is 2.21. The van der Waals surface area contributed by atoms with Gasteiger partial charge in [0.2, 0.25) is 0 Å². The van der Waals surface area contributed by atoms with Crippen molar-refractivity contribution in [1.82, 2.24) is 14.8 Å². The minimum Gasteiger partial charge on any atom is -0.376 e. The molecule has 1 aliphatic rings. The summed E-state index contributed by atoms with van der Waals surface area (Å²) in [5.41, 5.74) is 0.837. The molecule has 1 unspecified atom stereocenters. The molecule has 2 aromatic carbocycles. The van der Waals surface area contributed by atoms with Crippen LogP contribution in [0.25, 0.3) is 11.4 Å². The van der Waals surface area contributed by atoms with E-state index in [2.05, 4.69) is 14.8 Å². The summed E-state index contributed by atoms with van der Waals surface area (Å²) in [6.45, 7) is 1.47. The minimum absolute atomic E-state index is 0.151. The van der Waals surface area contributed by atoms with Crippen LogP contribution in [0.2, 0.25) is 0 Å². The van der Waals surface area contributed by atoms with E-state index in [1.165, 1.54) is 24.3 Å². The van der Waals surface area contributed by atoms with Crippen LogP contribution in [0.3, 0.4) is 0 Å². The fourth-order valence-electron chi connectivity index (χ4n) is 3.19. The van der Waals surface area contributed by atoms with E-state index < -0.39 is 0 Å². The van der Waals surface area contributed by atoms with Crippen LogP contribution in [-0.4, -0.2) is 39.0 Å². The zero-order valence-corrected chi connectivity index (χ0v) is 17.4. The highest BCUT2D eigenvalue weighted by molar-refractivity contribution is 8.02. The Morgan fingerprint density at radius 2 is 1.62 bits per heavy atom. The molecule has 0 amide bonds. The summed E-state index contributed by atoms with van der Waals surface area (Å²) >= 11 is 3.32. The average molecular weight is 434 g/mol. The molecule has 0 N–H and O–H groups in total. The second kappa shape index (κ2) is 9.73. The maximum Gasteiger partial charge on any atom is 0.191 e. The highest BCUT2D eigenvalue weighted by Crippen LogP contribution is 2.28. The lowest BCUT2D eigenvalue weighted by atomic mass is 10.2. The van der Waals surface area contributed by atoms with Crippen LogP contribution in [0.4, 0.5) is 8.78 Å². The largest absolute Gasteiger partial charge is 0.376 e. The van der Waals surface area contributed by atoms with E-state index >= 15 is 0 Å². The van der Waals surface area contributed by atoms with Crippen molar-refractivity contribution < 1.29 is 13.5 Å². The zero-order valence-electron chi connectivity index (χ0n) is 15.8. The first-order valence-electron chi connectivity index (χ1n) is 9.51. The molecule has 1 aromatic heterocycles. The van der Waals surface area contributed by atoms with Crippen molar-refractivity contribution in [3.8, 4) is 11.4 Å². The molecule has 0 spiro atoms. The molecule has 3 aromatic rings. The fourth-order valence-corrected chi connectivity index (χ4v) is 5.02. The molecule has 1 fully saturated rings. The van der Waals surface area contributed by atoms with Crippen molar-refractivity contribution >= 4 is 23.5 Å². The quantitative estimate of drug-likeness (QED) is 0.357. The molecule has 0 saturated carbocycles. The third-order valence-electron chi connectivity index (χ3n) is 4.63. The van der Waals surface area contributed by atoms with Gasteiger partial charge < -0.3 is 4.74 Å². The Labute approximate surface area is 177 Å². The van der Waals surface area contributed by atoms with E-state index in [9.17, 15) is 8.78 Å². The number of benzene rings is 2. The summed E-state index contributed by atoms with van der Waals surface area (Å²) in [5.74, 6) is 1.95. The Bertz CT molecular complexity index is 926. The van der Waals surface area contributed by atoms with E-state index in [-0.39, 0.29) is 17.7 Å². The SMILES string of the molecule is Fc1ccc(SCCSc2nnc(-c3ccc(F)cc3)n2CC2CCCO2)cc1. The monoisotopic (exact) mass is 433 g/mol. The van der Waals surface area contributed by atoms with Gasteiger partial charge in [0.15, 0.2) is 11.0 Å². The first-order chi connectivity index (χ1) is 14.2. The standard InChI is InChI=1S/C21H21F2N3OS2/c22-16-5-3-15(4-6-16)20-24-25-21(26(20)14-18-2-1-11-27-18)29-13-12-28-19-9-7-17(23)8-10-19/h3-10,18H,1-2,11-14H2. The molecular formula is C21H21F2N3OS2.